The van der Waals surface area contributed by atoms with Crippen molar-refractivity contribution >= 4 is 5.91 Å². The second kappa shape index (κ2) is 6.65. The highest BCUT2D eigenvalue weighted by atomic mass is 16.1. The van der Waals surface area contributed by atoms with Crippen LogP contribution in [0.1, 0.15) is 30.7 Å². The van der Waals surface area contributed by atoms with Gasteiger partial charge in [0, 0.05) is 0 Å². The summed E-state index contributed by atoms with van der Waals surface area (Å²) in [5.41, 5.74) is 6.65. The molecule has 22 heavy (non-hydrogen) atoms. The van der Waals surface area contributed by atoms with E-state index in [9.17, 15) is 4.79 Å². The van der Waals surface area contributed by atoms with Crippen LogP contribution in [0.4, 0.5) is 0 Å². The molecule has 0 radical (unpaired) electrons. The number of piperidine rings is 1. The fourth-order valence-electron chi connectivity index (χ4n) is 2.90. The summed E-state index contributed by atoms with van der Waals surface area (Å²) in [7, 11) is 0. The van der Waals surface area contributed by atoms with Gasteiger partial charge >= 0.3 is 0 Å². The van der Waals surface area contributed by atoms with Gasteiger partial charge in [-0.25, -0.2) is 4.68 Å². The molecule has 1 aliphatic heterocycles. The van der Waals surface area contributed by atoms with Gasteiger partial charge in [-0.1, -0.05) is 36.8 Å². The van der Waals surface area contributed by atoms with Gasteiger partial charge in [0.05, 0.1) is 19.1 Å². The Morgan fingerprint density at radius 1 is 1.23 bits per heavy atom. The molecule has 0 aliphatic carbocycles. The lowest BCUT2D eigenvalue weighted by molar-refractivity contribution is -0.124. The van der Waals surface area contributed by atoms with Crippen molar-refractivity contribution in [1.29, 1.82) is 0 Å². The molecule has 1 saturated heterocycles. The Labute approximate surface area is 129 Å². The van der Waals surface area contributed by atoms with Crippen LogP contribution in [0, 0.1) is 0 Å². The lowest BCUT2D eigenvalue weighted by Crippen LogP contribution is -2.47. The molecule has 7 heteroatoms. The van der Waals surface area contributed by atoms with Gasteiger partial charge in [-0.2, -0.15) is 0 Å². The number of amides is 1. The van der Waals surface area contributed by atoms with E-state index in [1.54, 1.807) is 4.68 Å². The van der Waals surface area contributed by atoms with Crippen molar-refractivity contribution in [3.05, 3.63) is 41.7 Å². The van der Waals surface area contributed by atoms with Crippen LogP contribution >= 0.6 is 0 Å². The summed E-state index contributed by atoms with van der Waals surface area (Å²) in [5.74, 6) is 0.499. The average molecular weight is 300 g/mol. The van der Waals surface area contributed by atoms with Gasteiger partial charge in [0.15, 0.2) is 5.82 Å². The number of rotatable bonds is 5. The molecule has 1 aliphatic rings. The Kier molecular flexibility index (Phi) is 4.43. The van der Waals surface area contributed by atoms with E-state index in [1.807, 2.05) is 30.3 Å². The van der Waals surface area contributed by atoms with E-state index in [0.29, 0.717) is 13.1 Å². The predicted molar refractivity (Wildman–Crippen MR) is 80.6 cm³/mol. The van der Waals surface area contributed by atoms with E-state index in [1.165, 1.54) is 0 Å². The van der Waals surface area contributed by atoms with Crippen LogP contribution in [-0.4, -0.2) is 43.6 Å². The lowest BCUT2D eigenvalue weighted by atomic mass is 10.0. The number of nitrogens with zero attached hydrogens (tertiary/aromatic N) is 5. The van der Waals surface area contributed by atoms with Crippen molar-refractivity contribution in [3.8, 4) is 0 Å². The molecule has 2 N–H and O–H groups in total. The van der Waals surface area contributed by atoms with E-state index in [4.69, 9.17) is 5.73 Å². The van der Waals surface area contributed by atoms with Crippen LogP contribution in [-0.2, 0) is 17.9 Å². The Balaban J connectivity index is 1.73. The lowest BCUT2D eigenvalue weighted by Gasteiger charge is -2.32. The molecule has 1 unspecified atom stereocenters. The maximum atomic E-state index is 11.6. The number of carbonyl (C=O) groups excluding carboxylic acids is 1. The summed E-state index contributed by atoms with van der Waals surface area (Å²) in [6.45, 7) is 2.03. The number of hydrogen-bond donors (Lipinski definition) is 1. The van der Waals surface area contributed by atoms with E-state index < -0.39 is 0 Å². The molecular weight excluding hydrogens is 280 g/mol. The molecule has 3 rings (SSSR count). The highest BCUT2D eigenvalue weighted by molar-refractivity contribution is 5.79. The van der Waals surface area contributed by atoms with Crippen LogP contribution in [0.15, 0.2) is 30.3 Å². The SMILES string of the molecule is NC(=O)C1CCCCN1Cc1nnnn1Cc1ccccc1. The second-order valence-corrected chi connectivity index (χ2v) is 5.62. The summed E-state index contributed by atoms with van der Waals surface area (Å²) in [6, 6.07) is 9.84. The minimum atomic E-state index is -0.262. The molecule has 7 nitrogen and oxygen atoms in total. The van der Waals surface area contributed by atoms with Crippen LogP contribution in [0.25, 0.3) is 0 Å². The molecule has 2 heterocycles. The van der Waals surface area contributed by atoms with Gasteiger partial charge in [-0.15, -0.1) is 5.10 Å². The van der Waals surface area contributed by atoms with Crippen molar-refractivity contribution in [2.45, 2.75) is 38.4 Å². The zero-order valence-corrected chi connectivity index (χ0v) is 12.4. The molecule has 116 valence electrons. The van der Waals surface area contributed by atoms with Gasteiger partial charge in [-0.3, -0.25) is 9.69 Å². The largest absolute Gasteiger partial charge is 0.368 e. The monoisotopic (exact) mass is 300 g/mol. The molecule has 0 spiro atoms. The van der Waals surface area contributed by atoms with Crippen molar-refractivity contribution in [3.63, 3.8) is 0 Å². The normalized spacial score (nSPS) is 19.2. The van der Waals surface area contributed by atoms with Gasteiger partial charge in [0.25, 0.3) is 0 Å². The summed E-state index contributed by atoms with van der Waals surface area (Å²) < 4.78 is 1.78. The van der Waals surface area contributed by atoms with Crippen molar-refractivity contribution in [2.75, 3.05) is 6.54 Å². The Morgan fingerprint density at radius 3 is 2.82 bits per heavy atom. The third kappa shape index (κ3) is 3.30. The molecule has 1 atom stereocenters. The molecule has 0 saturated carbocycles. The molecular formula is C15H20N6O. The van der Waals surface area contributed by atoms with E-state index in [2.05, 4.69) is 20.4 Å². The molecule has 2 aromatic rings. The molecule has 1 fully saturated rings. The van der Waals surface area contributed by atoms with Crippen molar-refractivity contribution in [1.82, 2.24) is 25.1 Å². The molecule has 1 aromatic heterocycles. The first-order chi connectivity index (χ1) is 10.7. The number of tetrazole rings is 1. The standard InChI is InChI=1S/C15H20N6O/c16-15(22)13-8-4-5-9-20(13)11-14-17-18-19-21(14)10-12-6-2-1-3-7-12/h1-3,6-7,13H,4-5,8-11H2,(H2,16,22). The summed E-state index contributed by atoms with van der Waals surface area (Å²) in [6.07, 6.45) is 2.93. The van der Waals surface area contributed by atoms with Crippen LogP contribution in [0.3, 0.4) is 0 Å². The first-order valence-electron chi connectivity index (χ1n) is 7.56. The minimum absolute atomic E-state index is 0.212. The molecule has 1 aromatic carbocycles. The molecule has 1 amide bonds. The topological polar surface area (TPSA) is 89.9 Å². The predicted octanol–water partition coefficient (Wildman–Crippen LogP) is 0.561. The van der Waals surface area contributed by atoms with E-state index >= 15 is 0 Å². The van der Waals surface area contributed by atoms with Crippen molar-refractivity contribution in [2.24, 2.45) is 5.73 Å². The Bertz CT molecular complexity index is 626. The highest BCUT2D eigenvalue weighted by Gasteiger charge is 2.28. The van der Waals surface area contributed by atoms with Crippen LogP contribution < -0.4 is 5.73 Å². The number of carbonyl (C=O) groups is 1. The zero-order chi connectivity index (χ0) is 15.4. The van der Waals surface area contributed by atoms with Crippen molar-refractivity contribution < 1.29 is 4.79 Å². The van der Waals surface area contributed by atoms with Gasteiger partial charge in [0.1, 0.15) is 0 Å². The van der Waals surface area contributed by atoms with Gasteiger partial charge < -0.3 is 5.73 Å². The van der Waals surface area contributed by atoms with Crippen LogP contribution in [0.5, 0.6) is 0 Å². The summed E-state index contributed by atoms with van der Waals surface area (Å²) >= 11 is 0. The smallest absolute Gasteiger partial charge is 0.234 e. The van der Waals surface area contributed by atoms with E-state index in [0.717, 1.165) is 37.2 Å². The fraction of sp³-hybridized carbons (Fsp3) is 0.467. The number of aromatic nitrogens is 4. The zero-order valence-electron chi connectivity index (χ0n) is 12.4. The maximum Gasteiger partial charge on any atom is 0.234 e. The number of nitrogens with two attached hydrogens (primary N) is 1. The number of benzene rings is 1. The quantitative estimate of drug-likeness (QED) is 0.871. The summed E-state index contributed by atoms with van der Waals surface area (Å²) in [4.78, 5) is 13.7. The highest BCUT2D eigenvalue weighted by Crippen LogP contribution is 2.18. The minimum Gasteiger partial charge on any atom is -0.368 e. The maximum absolute atomic E-state index is 11.6. The number of likely N-dealkylation sites (tertiary alicyclic amines) is 1. The average Bonchev–Trinajstić information content (AvgIpc) is 2.96. The van der Waals surface area contributed by atoms with Crippen LogP contribution in [0.2, 0.25) is 0 Å². The first kappa shape index (κ1) is 14.6. The second-order valence-electron chi connectivity index (χ2n) is 5.62. The van der Waals surface area contributed by atoms with E-state index in [-0.39, 0.29) is 11.9 Å². The first-order valence-corrected chi connectivity index (χ1v) is 7.56. The third-order valence-corrected chi connectivity index (χ3v) is 4.07. The number of hydrogen-bond acceptors (Lipinski definition) is 5. The Morgan fingerprint density at radius 2 is 2.05 bits per heavy atom. The van der Waals surface area contributed by atoms with Gasteiger partial charge in [0.2, 0.25) is 5.91 Å². The fourth-order valence-corrected chi connectivity index (χ4v) is 2.90. The van der Waals surface area contributed by atoms with Gasteiger partial charge in [-0.05, 0) is 35.4 Å². The molecule has 0 bridgehead atoms. The number of primary amides is 1. The Hall–Kier alpha value is -2.28. The summed E-state index contributed by atoms with van der Waals surface area (Å²) in [5, 5.41) is 11.9. The third-order valence-electron chi connectivity index (χ3n) is 4.07.